The minimum atomic E-state index is -3.09. The zero-order valence-corrected chi connectivity index (χ0v) is 15.8. The monoisotopic (exact) mass is 373 g/mol. The molecular formula is C20H23NO4S. The van der Waals surface area contributed by atoms with Crippen molar-refractivity contribution in [3.63, 3.8) is 0 Å². The number of benzene rings is 2. The average molecular weight is 373 g/mol. The Hall–Kier alpha value is -2.34. The summed E-state index contributed by atoms with van der Waals surface area (Å²) in [4.78, 5) is 14.9. The van der Waals surface area contributed by atoms with Gasteiger partial charge < -0.3 is 9.64 Å². The number of hydrogen-bond donors (Lipinski definition) is 0. The van der Waals surface area contributed by atoms with E-state index in [1.54, 1.807) is 18.1 Å². The van der Waals surface area contributed by atoms with Gasteiger partial charge in [-0.15, -0.1) is 0 Å². The van der Waals surface area contributed by atoms with Gasteiger partial charge in [0.15, 0.2) is 9.84 Å². The number of carbonyl (C=O) groups is 1. The number of carbonyl (C=O) groups excluding carboxylic acids is 1. The van der Waals surface area contributed by atoms with E-state index < -0.39 is 9.84 Å². The third-order valence-corrected chi connectivity index (χ3v) is 6.52. The largest absolute Gasteiger partial charge is 0.497 e. The van der Waals surface area contributed by atoms with Crippen molar-refractivity contribution in [1.29, 1.82) is 0 Å². The van der Waals surface area contributed by atoms with Crippen LogP contribution in [0.3, 0.4) is 0 Å². The summed E-state index contributed by atoms with van der Waals surface area (Å²) >= 11 is 0. The third kappa shape index (κ3) is 4.07. The number of ether oxygens (including phenoxy) is 1. The summed E-state index contributed by atoms with van der Waals surface area (Å²) in [6, 6.07) is 14.6. The van der Waals surface area contributed by atoms with Crippen molar-refractivity contribution >= 4 is 15.7 Å². The van der Waals surface area contributed by atoms with Gasteiger partial charge in [0.05, 0.1) is 18.6 Å². The molecule has 26 heavy (non-hydrogen) atoms. The molecule has 3 rings (SSSR count). The van der Waals surface area contributed by atoms with Crippen LogP contribution in [0.2, 0.25) is 0 Å². The summed E-state index contributed by atoms with van der Waals surface area (Å²) in [6.07, 6.45) is 0.476. The minimum absolute atomic E-state index is 0.0224. The van der Waals surface area contributed by atoms with Crippen molar-refractivity contribution < 1.29 is 17.9 Å². The zero-order valence-electron chi connectivity index (χ0n) is 15.0. The average Bonchev–Trinajstić information content (AvgIpc) is 2.99. The standard InChI is InChI=1S/C20H23NO4S/c1-15-6-3-4-9-19(15)20(22)21(17-10-11-26(23,24)14-17)13-16-7-5-8-18(12-16)25-2/h3-9,12,17H,10-11,13-14H2,1-2H3/t17-/m0/s1. The second-order valence-corrected chi connectivity index (χ2v) is 8.89. The molecule has 0 bridgehead atoms. The molecule has 2 aromatic carbocycles. The molecule has 1 heterocycles. The molecule has 1 amide bonds. The van der Waals surface area contributed by atoms with Gasteiger partial charge in [0, 0.05) is 18.2 Å². The Labute approximate surface area is 154 Å². The van der Waals surface area contributed by atoms with Gasteiger partial charge in [-0.05, 0) is 42.7 Å². The molecule has 1 saturated heterocycles. The SMILES string of the molecule is COc1cccc(CN(C(=O)c2ccccc2C)[C@H]2CCS(=O)(=O)C2)c1. The van der Waals surface area contributed by atoms with E-state index in [1.807, 2.05) is 49.4 Å². The van der Waals surface area contributed by atoms with Gasteiger partial charge >= 0.3 is 0 Å². The van der Waals surface area contributed by atoms with E-state index in [-0.39, 0.29) is 23.5 Å². The normalized spacial score (nSPS) is 18.5. The first-order valence-electron chi connectivity index (χ1n) is 8.59. The predicted octanol–water partition coefficient (Wildman–Crippen LogP) is 2.83. The van der Waals surface area contributed by atoms with Crippen LogP contribution < -0.4 is 4.74 Å². The fourth-order valence-electron chi connectivity index (χ4n) is 3.32. The van der Waals surface area contributed by atoms with Crippen molar-refractivity contribution in [1.82, 2.24) is 4.90 Å². The highest BCUT2D eigenvalue weighted by Crippen LogP contribution is 2.24. The van der Waals surface area contributed by atoms with Crippen molar-refractivity contribution in [3.8, 4) is 5.75 Å². The number of rotatable bonds is 5. The quantitative estimate of drug-likeness (QED) is 0.808. The van der Waals surface area contributed by atoms with E-state index in [4.69, 9.17) is 4.74 Å². The van der Waals surface area contributed by atoms with Crippen LogP contribution in [-0.4, -0.2) is 43.9 Å². The Bertz CT molecular complexity index is 908. The van der Waals surface area contributed by atoms with Crippen molar-refractivity contribution in [2.75, 3.05) is 18.6 Å². The Morgan fingerprint density at radius 1 is 1.19 bits per heavy atom. The van der Waals surface area contributed by atoms with Crippen LogP contribution in [0.1, 0.15) is 27.9 Å². The number of amides is 1. The molecule has 0 aliphatic carbocycles. The Kier molecular flexibility index (Phi) is 5.32. The summed E-state index contributed by atoms with van der Waals surface area (Å²) < 4.78 is 29.2. The molecule has 6 heteroatoms. The lowest BCUT2D eigenvalue weighted by molar-refractivity contribution is 0.0680. The fraction of sp³-hybridized carbons (Fsp3) is 0.350. The number of sulfone groups is 1. The first-order chi connectivity index (χ1) is 12.4. The number of aryl methyl sites for hydroxylation is 1. The number of hydrogen-bond acceptors (Lipinski definition) is 4. The highest BCUT2D eigenvalue weighted by Gasteiger charge is 2.35. The fourth-order valence-corrected chi connectivity index (χ4v) is 5.05. The lowest BCUT2D eigenvalue weighted by Crippen LogP contribution is -2.40. The Morgan fingerprint density at radius 2 is 1.96 bits per heavy atom. The molecule has 1 aliphatic rings. The van der Waals surface area contributed by atoms with Gasteiger partial charge in [0.25, 0.3) is 5.91 Å². The molecule has 5 nitrogen and oxygen atoms in total. The third-order valence-electron chi connectivity index (χ3n) is 4.77. The minimum Gasteiger partial charge on any atom is -0.497 e. The van der Waals surface area contributed by atoms with Crippen LogP contribution in [0.5, 0.6) is 5.75 Å². The lowest BCUT2D eigenvalue weighted by atomic mass is 10.0. The Balaban J connectivity index is 1.94. The lowest BCUT2D eigenvalue weighted by Gasteiger charge is -2.29. The summed E-state index contributed by atoms with van der Waals surface area (Å²) in [7, 11) is -1.49. The molecule has 2 aromatic rings. The van der Waals surface area contributed by atoms with Gasteiger partial charge in [-0.3, -0.25) is 4.79 Å². The van der Waals surface area contributed by atoms with Crippen LogP contribution in [0, 0.1) is 6.92 Å². The maximum atomic E-state index is 13.2. The molecule has 1 aliphatic heterocycles. The molecule has 0 N–H and O–H groups in total. The molecule has 0 radical (unpaired) electrons. The summed E-state index contributed by atoms with van der Waals surface area (Å²) in [6.45, 7) is 2.24. The maximum Gasteiger partial charge on any atom is 0.254 e. The van der Waals surface area contributed by atoms with Crippen LogP contribution in [0.15, 0.2) is 48.5 Å². The van der Waals surface area contributed by atoms with E-state index in [2.05, 4.69) is 0 Å². The first-order valence-corrected chi connectivity index (χ1v) is 10.4. The van der Waals surface area contributed by atoms with Crippen molar-refractivity contribution in [2.24, 2.45) is 0 Å². The molecule has 1 fully saturated rings. The van der Waals surface area contributed by atoms with Gasteiger partial charge in [0.1, 0.15) is 5.75 Å². The van der Waals surface area contributed by atoms with Crippen molar-refractivity contribution in [2.45, 2.75) is 25.9 Å². The molecule has 0 unspecified atom stereocenters. The molecule has 1 atom stereocenters. The van der Waals surface area contributed by atoms with Gasteiger partial charge in [-0.25, -0.2) is 8.42 Å². The van der Waals surface area contributed by atoms with Gasteiger partial charge in [-0.1, -0.05) is 30.3 Å². The first kappa shape index (κ1) is 18.5. The van der Waals surface area contributed by atoms with Crippen LogP contribution >= 0.6 is 0 Å². The van der Waals surface area contributed by atoms with E-state index in [0.717, 1.165) is 11.1 Å². The van der Waals surface area contributed by atoms with E-state index in [1.165, 1.54) is 0 Å². The zero-order chi connectivity index (χ0) is 18.7. The van der Waals surface area contributed by atoms with Crippen LogP contribution in [-0.2, 0) is 16.4 Å². The van der Waals surface area contributed by atoms with E-state index >= 15 is 0 Å². The highest BCUT2D eigenvalue weighted by atomic mass is 32.2. The van der Waals surface area contributed by atoms with Crippen molar-refractivity contribution in [3.05, 3.63) is 65.2 Å². The number of nitrogens with zero attached hydrogens (tertiary/aromatic N) is 1. The number of methoxy groups -OCH3 is 1. The summed E-state index contributed by atoms with van der Waals surface area (Å²) in [5.74, 6) is 0.736. The molecule has 0 aromatic heterocycles. The molecule has 0 spiro atoms. The highest BCUT2D eigenvalue weighted by molar-refractivity contribution is 7.91. The summed E-state index contributed by atoms with van der Waals surface area (Å²) in [5, 5.41) is 0. The van der Waals surface area contributed by atoms with E-state index in [9.17, 15) is 13.2 Å². The second kappa shape index (κ2) is 7.50. The van der Waals surface area contributed by atoms with Gasteiger partial charge in [0.2, 0.25) is 0 Å². The van der Waals surface area contributed by atoms with Crippen LogP contribution in [0.4, 0.5) is 0 Å². The molecule has 0 saturated carbocycles. The van der Waals surface area contributed by atoms with Crippen LogP contribution in [0.25, 0.3) is 0 Å². The second-order valence-electron chi connectivity index (χ2n) is 6.66. The van der Waals surface area contributed by atoms with Gasteiger partial charge in [-0.2, -0.15) is 0 Å². The Morgan fingerprint density at radius 3 is 2.62 bits per heavy atom. The van der Waals surface area contributed by atoms with E-state index in [0.29, 0.717) is 24.3 Å². The topological polar surface area (TPSA) is 63.7 Å². The smallest absolute Gasteiger partial charge is 0.254 e. The molecule has 138 valence electrons. The maximum absolute atomic E-state index is 13.2. The predicted molar refractivity (Wildman–Crippen MR) is 101 cm³/mol. The molecular weight excluding hydrogens is 350 g/mol. The summed E-state index contributed by atoms with van der Waals surface area (Å²) in [5.41, 5.74) is 2.41.